The summed E-state index contributed by atoms with van der Waals surface area (Å²) in [5, 5.41) is 0. The molecule has 0 N–H and O–H groups in total. The van der Waals surface area contributed by atoms with Crippen molar-refractivity contribution in [2.75, 3.05) is 12.4 Å². The van der Waals surface area contributed by atoms with Gasteiger partial charge < -0.3 is 4.74 Å². The zero-order valence-electron chi connectivity index (χ0n) is 9.90. The SMILES string of the molecule is CC(C)CCCCCOC(=O)CSC(=S)S. The molecule has 0 amide bonds. The van der Waals surface area contributed by atoms with Crippen LogP contribution in [0.3, 0.4) is 0 Å². The highest BCUT2D eigenvalue weighted by molar-refractivity contribution is 8.41. The molecule has 0 aromatic rings. The highest BCUT2D eigenvalue weighted by atomic mass is 32.2. The van der Waals surface area contributed by atoms with Crippen LogP contribution in [0.5, 0.6) is 0 Å². The van der Waals surface area contributed by atoms with Crippen molar-refractivity contribution in [3.63, 3.8) is 0 Å². The van der Waals surface area contributed by atoms with Crippen LogP contribution in [-0.4, -0.2) is 21.9 Å². The third-order valence-electron chi connectivity index (χ3n) is 2.00. The van der Waals surface area contributed by atoms with Gasteiger partial charge in [0.15, 0.2) is 0 Å². The first-order chi connectivity index (χ1) is 7.52. The predicted molar refractivity (Wildman–Crippen MR) is 78.3 cm³/mol. The maximum absolute atomic E-state index is 11.2. The number of hydrogen-bond donors (Lipinski definition) is 1. The standard InChI is InChI=1S/C11H20O2S3/c1-9(2)6-4-3-5-7-13-10(12)8-16-11(14)15/h9H,3-8H2,1-2H3,(H,14,15). The lowest BCUT2D eigenvalue weighted by atomic mass is 10.1. The second-order valence-electron chi connectivity index (χ2n) is 4.02. The lowest BCUT2D eigenvalue weighted by Crippen LogP contribution is -2.09. The summed E-state index contributed by atoms with van der Waals surface area (Å²) in [5.74, 6) is 0.828. The van der Waals surface area contributed by atoms with Crippen molar-refractivity contribution in [1.29, 1.82) is 0 Å². The van der Waals surface area contributed by atoms with Crippen molar-refractivity contribution in [1.82, 2.24) is 0 Å². The fourth-order valence-electron chi connectivity index (χ4n) is 1.18. The molecule has 0 spiro atoms. The van der Waals surface area contributed by atoms with Gasteiger partial charge in [0.2, 0.25) is 0 Å². The molecule has 0 heterocycles. The first kappa shape index (κ1) is 16.3. The van der Waals surface area contributed by atoms with Gasteiger partial charge in [0, 0.05) is 0 Å². The maximum Gasteiger partial charge on any atom is 0.316 e. The number of thiocarbonyl (C=S) groups is 1. The van der Waals surface area contributed by atoms with E-state index in [1.807, 2.05) is 0 Å². The molecule has 2 nitrogen and oxygen atoms in total. The summed E-state index contributed by atoms with van der Waals surface area (Å²) in [7, 11) is 0. The van der Waals surface area contributed by atoms with E-state index in [2.05, 4.69) is 26.5 Å². The Morgan fingerprint density at radius 3 is 2.62 bits per heavy atom. The molecule has 94 valence electrons. The van der Waals surface area contributed by atoms with Crippen LogP contribution < -0.4 is 0 Å². The molecule has 0 aromatic carbocycles. The minimum Gasteiger partial charge on any atom is -0.465 e. The Kier molecular flexibility index (Phi) is 10.6. The summed E-state index contributed by atoms with van der Waals surface area (Å²) in [6.45, 7) is 4.96. The van der Waals surface area contributed by atoms with Crippen LogP contribution in [0.1, 0.15) is 39.5 Å². The van der Waals surface area contributed by atoms with Gasteiger partial charge in [0.1, 0.15) is 3.53 Å². The number of thiol groups is 1. The van der Waals surface area contributed by atoms with Crippen LogP contribution in [-0.2, 0) is 9.53 Å². The Morgan fingerprint density at radius 2 is 2.06 bits per heavy atom. The molecule has 0 fully saturated rings. The fraction of sp³-hybridized carbons (Fsp3) is 0.818. The van der Waals surface area contributed by atoms with E-state index in [-0.39, 0.29) is 11.7 Å². The van der Waals surface area contributed by atoms with Crippen LogP contribution in [0.4, 0.5) is 0 Å². The summed E-state index contributed by atoms with van der Waals surface area (Å²) >= 11 is 9.88. The number of ether oxygens (including phenoxy) is 1. The molecule has 0 aliphatic carbocycles. The van der Waals surface area contributed by atoms with Crippen molar-refractivity contribution in [3.8, 4) is 0 Å². The van der Waals surface area contributed by atoms with Crippen molar-refractivity contribution >= 4 is 46.1 Å². The van der Waals surface area contributed by atoms with Crippen molar-refractivity contribution < 1.29 is 9.53 Å². The van der Waals surface area contributed by atoms with E-state index in [9.17, 15) is 4.79 Å². The first-order valence-corrected chi connectivity index (χ1v) is 7.38. The van der Waals surface area contributed by atoms with Gasteiger partial charge in [-0.2, -0.15) is 0 Å². The van der Waals surface area contributed by atoms with Crippen molar-refractivity contribution in [2.45, 2.75) is 39.5 Å². The molecule has 0 atom stereocenters. The van der Waals surface area contributed by atoms with Gasteiger partial charge in [-0.05, 0) is 12.3 Å². The topological polar surface area (TPSA) is 26.3 Å². The molecule has 0 aliphatic rings. The first-order valence-electron chi connectivity index (χ1n) is 5.53. The number of thioether (sulfide) groups is 1. The Bertz CT molecular complexity index is 217. The molecule has 0 bridgehead atoms. The Morgan fingerprint density at radius 1 is 1.38 bits per heavy atom. The smallest absolute Gasteiger partial charge is 0.316 e. The normalized spacial score (nSPS) is 10.5. The number of carbonyl (C=O) groups is 1. The maximum atomic E-state index is 11.2. The molecule has 0 aromatic heterocycles. The van der Waals surface area contributed by atoms with Crippen LogP contribution in [0.2, 0.25) is 0 Å². The van der Waals surface area contributed by atoms with Gasteiger partial charge in [0.05, 0.1) is 12.4 Å². The number of hydrogen-bond acceptors (Lipinski definition) is 4. The zero-order chi connectivity index (χ0) is 12.4. The summed E-state index contributed by atoms with van der Waals surface area (Å²) in [4.78, 5) is 11.2. The lowest BCUT2D eigenvalue weighted by Gasteiger charge is -2.05. The van der Waals surface area contributed by atoms with Gasteiger partial charge in [0.25, 0.3) is 0 Å². The minimum absolute atomic E-state index is 0.203. The molecule has 0 unspecified atom stereocenters. The van der Waals surface area contributed by atoms with E-state index < -0.39 is 0 Å². The molecule has 0 radical (unpaired) electrons. The third kappa shape index (κ3) is 12.3. The Labute approximate surface area is 113 Å². The molecular weight excluding hydrogens is 260 g/mol. The van der Waals surface area contributed by atoms with Crippen molar-refractivity contribution in [3.05, 3.63) is 0 Å². The lowest BCUT2D eigenvalue weighted by molar-refractivity contribution is -0.140. The van der Waals surface area contributed by atoms with Gasteiger partial charge in [-0.1, -0.05) is 57.1 Å². The third-order valence-corrected chi connectivity index (χ3v) is 3.37. The van der Waals surface area contributed by atoms with E-state index >= 15 is 0 Å². The van der Waals surface area contributed by atoms with E-state index in [0.29, 0.717) is 10.1 Å². The second kappa shape index (κ2) is 10.4. The van der Waals surface area contributed by atoms with E-state index in [1.54, 1.807) is 0 Å². The highest BCUT2D eigenvalue weighted by Gasteiger charge is 2.03. The average molecular weight is 280 g/mol. The van der Waals surface area contributed by atoms with Gasteiger partial charge >= 0.3 is 5.97 Å². The van der Waals surface area contributed by atoms with E-state index in [0.717, 1.165) is 18.8 Å². The Balaban J connectivity index is 3.24. The predicted octanol–water partition coefficient (Wildman–Crippen LogP) is 3.69. The molecule has 16 heavy (non-hydrogen) atoms. The molecule has 0 saturated heterocycles. The van der Waals surface area contributed by atoms with E-state index in [1.165, 1.54) is 24.6 Å². The second-order valence-corrected chi connectivity index (χ2v) is 6.72. The molecule has 0 saturated carbocycles. The van der Waals surface area contributed by atoms with Crippen LogP contribution >= 0.6 is 36.6 Å². The number of esters is 1. The molecule has 0 aliphatic heterocycles. The fourth-order valence-corrected chi connectivity index (χ4v) is 1.87. The van der Waals surface area contributed by atoms with Gasteiger partial charge in [-0.25, -0.2) is 0 Å². The quantitative estimate of drug-likeness (QED) is 0.317. The summed E-state index contributed by atoms with van der Waals surface area (Å²) < 4.78 is 5.53. The van der Waals surface area contributed by atoms with Crippen LogP contribution in [0.25, 0.3) is 0 Å². The van der Waals surface area contributed by atoms with Gasteiger partial charge in [-0.3, -0.25) is 4.79 Å². The summed E-state index contributed by atoms with van der Waals surface area (Å²) in [6, 6.07) is 0. The summed E-state index contributed by atoms with van der Waals surface area (Å²) in [6.07, 6.45) is 4.54. The number of unbranched alkanes of at least 4 members (excludes halogenated alkanes) is 2. The molecule has 5 heteroatoms. The van der Waals surface area contributed by atoms with Gasteiger partial charge in [-0.15, -0.1) is 12.6 Å². The average Bonchev–Trinajstić information content (AvgIpc) is 2.19. The van der Waals surface area contributed by atoms with E-state index in [4.69, 9.17) is 17.0 Å². The van der Waals surface area contributed by atoms with Crippen molar-refractivity contribution in [2.24, 2.45) is 5.92 Å². The Hall–Kier alpha value is 0.260. The monoisotopic (exact) mass is 280 g/mol. The highest BCUT2D eigenvalue weighted by Crippen LogP contribution is 2.09. The zero-order valence-corrected chi connectivity index (χ0v) is 12.4. The van der Waals surface area contributed by atoms with Crippen LogP contribution in [0.15, 0.2) is 0 Å². The summed E-state index contributed by atoms with van der Waals surface area (Å²) in [5.41, 5.74) is 0. The van der Waals surface area contributed by atoms with Crippen LogP contribution in [0, 0.1) is 5.92 Å². The number of rotatable bonds is 8. The molecular formula is C11H20O2S3. The molecule has 0 rings (SSSR count). The number of carbonyl (C=O) groups excluding carboxylic acids is 1. The largest absolute Gasteiger partial charge is 0.465 e. The minimum atomic E-state index is -0.203.